The molecule has 1 amide bonds. The normalized spacial score (nSPS) is 12.9. The number of hydrogen-bond acceptors (Lipinski definition) is 4. The highest BCUT2D eigenvalue weighted by Gasteiger charge is 2.23. The van der Waals surface area contributed by atoms with Gasteiger partial charge < -0.3 is 4.90 Å². The Bertz CT molecular complexity index is 881. The Morgan fingerprint density at radius 3 is 2.56 bits per heavy atom. The molecular formula is C20H17N3OS. The summed E-state index contributed by atoms with van der Waals surface area (Å²) in [5.41, 5.74) is 4.16. The Hall–Kier alpha value is -2.66. The van der Waals surface area contributed by atoms with Crippen LogP contribution in [-0.4, -0.2) is 28.4 Å². The van der Waals surface area contributed by atoms with E-state index in [1.54, 1.807) is 0 Å². The molecule has 4 rings (SSSR count). The Morgan fingerprint density at radius 2 is 1.76 bits per heavy atom. The summed E-state index contributed by atoms with van der Waals surface area (Å²) in [6.07, 6.45) is 0.929. The Labute approximate surface area is 150 Å². The van der Waals surface area contributed by atoms with Gasteiger partial charge in [-0.3, -0.25) is 4.79 Å². The molecule has 1 aliphatic rings. The van der Waals surface area contributed by atoms with Gasteiger partial charge in [-0.25, -0.2) is 0 Å². The average Bonchev–Trinajstić information content (AvgIpc) is 3.11. The molecule has 25 heavy (non-hydrogen) atoms. The molecule has 0 bridgehead atoms. The number of benzene rings is 2. The highest BCUT2D eigenvalue weighted by Crippen LogP contribution is 2.28. The van der Waals surface area contributed by atoms with Crippen molar-refractivity contribution in [2.24, 2.45) is 0 Å². The van der Waals surface area contributed by atoms with Crippen LogP contribution in [0.25, 0.3) is 11.3 Å². The van der Waals surface area contributed by atoms with E-state index in [0.717, 1.165) is 34.9 Å². The zero-order valence-corrected chi connectivity index (χ0v) is 14.4. The molecule has 0 unspecified atom stereocenters. The number of para-hydroxylation sites is 1. The quantitative estimate of drug-likeness (QED) is 0.673. The largest absolute Gasteiger partial charge is 0.311 e. The van der Waals surface area contributed by atoms with Crippen LogP contribution in [0.5, 0.6) is 0 Å². The van der Waals surface area contributed by atoms with Gasteiger partial charge >= 0.3 is 0 Å². The fourth-order valence-corrected chi connectivity index (χ4v) is 3.66. The van der Waals surface area contributed by atoms with Crippen molar-refractivity contribution in [2.75, 3.05) is 17.2 Å². The van der Waals surface area contributed by atoms with Gasteiger partial charge in [0.2, 0.25) is 5.91 Å². The van der Waals surface area contributed by atoms with Crippen LogP contribution >= 0.6 is 11.8 Å². The van der Waals surface area contributed by atoms with Gasteiger partial charge in [0.05, 0.1) is 11.4 Å². The summed E-state index contributed by atoms with van der Waals surface area (Å²) in [5, 5.41) is 9.27. The molecule has 0 radical (unpaired) electrons. The summed E-state index contributed by atoms with van der Waals surface area (Å²) in [6.45, 7) is 0.761. The average molecular weight is 347 g/mol. The fraction of sp³-hybridized carbons (Fsp3) is 0.150. The number of aromatic nitrogens is 2. The maximum absolute atomic E-state index is 12.5. The first-order valence-electron chi connectivity index (χ1n) is 8.21. The predicted octanol–water partition coefficient (Wildman–Crippen LogP) is 3.83. The number of thioether (sulfide) groups is 1. The van der Waals surface area contributed by atoms with Crippen molar-refractivity contribution in [3.05, 3.63) is 72.3 Å². The van der Waals surface area contributed by atoms with Crippen LogP contribution in [0.2, 0.25) is 0 Å². The standard InChI is InChI=1S/C20H17N3OS/c24-20(23-13-12-16-8-4-5-9-18(16)23)14-25-19-11-10-17(21-22-19)15-6-2-1-3-7-15/h1-11H,12-14H2. The summed E-state index contributed by atoms with van der Waals surface area (Å²) in [4.78, 5) is 14.4. The molecule has 2 aromatic carbocycles. The zero-order chi connectivity index (χ0) is 17.1. The van der Waals surface area contributed by atoms with Crippen molar-refractivity contribution in [1.82, 2.24) is 10.2 Å². The van der Waals surface area contributed by atoms with Crippen LogP contribution in [-0.2, 0) is 11.2 Å². The van der Waals surface area contributed by atoms with Crippen molar-refractivity contribution >= 4 is 23.4 Å². The topological polar surface area (TPSA) is 46.1 Å². The lowest BCUT2D eigenvalue weighted by molar-refractivity contribution is -0.116. The summed E-state index contributed by atoms with van der Waals surface area (Å²) >= 11 is 1.43. The molecule has 0 saturated heterocycles. The second-order valence-electron chi connectivity index (χ2n) is 5.84. The number of rotatable bonds is 4. The van der Waals surface area contributed by atoms with Crippen molar-refractivity contribution in [1.29, 1.82) is 0 Å². The number of nitrogens with zero attached hydrogens (tertiary/aromatic N) is 3. The number of fused-ring (bicyclic) bond motifs is 1. The van der Waals surface area contributed by atoms with Gasteiger partial charge in [-0.2, -0.15) is 0 Å². The van der Waals surface area contributed by atoms with Gasteiger partial charge in [0.1, 0.15) is 5.03 Å². The van der Waals surface area contributed by atoms with Gasteiger partial charge in [0.25, 0.3) is 0 Å². The van der Waals surface area contributed by atoms with Crippen LogP contribution in [0.15, 0.2) is 71.8 Å². The number of carbonyl (C=O) groups is 1. The van der Waals surface area contributed by atoms with E-state index in [4.69, 9.17) is 0 Å². The van der Waals surface area contributed by atoms with E-state index in [2.05, 4.69) is 16.3 Å². The lowest BCUT2D eigenvalue weighted by Gasteiger charge is -2.16. The second-order valence-corrected chi connectivity index (χ2v) is 6.83. The van der Waals surface area contributed by atoms with Crippen LogP contribution < -0.4 is 4.90 Å². The molecular weight excluding hydrogens is 330 g/mol. The van der Waals surface area contributed by atoms with Gasteiger partial charge in [-0.05, 0) is 30.2 Å². The molecule has 0 aliphatic carbocycles. The first-order chi connectivity index (χ1) is 12.3. The lowest BCUT2D eigenvalue weighted by Crippen LogP contribution is -2.30. The number of anilines is 1. The van der Waals surface area contributed by atoms with Crippen LogP contribution in [0.3, 0.4) is 0 Å². The molecule has 0 saturated carbocycles. The SMILES string of the molecule is O=C(CSc1ccc(-c2ccccc2)nn1)N1CCc2ccccc21. The summed E-state index contributed by atoms with van der Waals surface area (Å²) < 4.78 is 0. The van der Waals surface area contributed by atoms with Crippen LogP contribution in [0.4, 0.5) is 5.69 Å². The minimum Gasteiger partial charge on any atom is -0.311 e. The number of amides is 1. The molecule has 1 aromatic heterocycles. The summed E-state index contributed by atoms with van der Waals surface area (Å²) in [6, 6.07) is 21.9. The van der Waals surface area contributed by atoms with Gasteiger partial charge in [-0.15, -0.1) is 10.2 Å². The molecule has 0 spiro atoms. The highest BCUT2D eigenvalue weighted by molar-refractivity contribution is 7.99. The Morgan fingerprint density at radius 1 is 0.960 bits per heavy atom. The maximum atomic E-state index is 12.5. The van der Waals surface area contributed by atoms with E-state index in [1.165, 1.54) is 17.3 Å². The van der Waals surface area contributed by atoms with Crippen LogP contribution in [0.1, 0.15) is 5.56 Å². The summed E-state index contributed by atoms with van der Waals surface area (Å²) in [7, 11) is 0. The third kappa shape index (κ3) is 3.42. The van der Waals surface area contributed by atoms with E-state index in [0.29, 0.717) is 5.75 Å². The Balaban J connectivity index is 1.40. The molecule has 5 heteroatoms. The Kier molecular flexibility index (Phi) is 4.48. The zero-order valence-electron chi connectivity index (χ0n) is 13.6. The molecule has 2 heterocycles. The third-order valence-corrected chi connectivity index (χ3v) is 5.15. The monoisotopic (exact) mass is 347 g/mol. The molecule has 0 N–H and O–H groups in total. The minimum atomic E-state index is 0.115. The van der Waals surface area contributed by atoms with E-state index in [1.807, 2.05) is 65.6 Å². The van der Waals surface area contributed by atoms with Crippen molar-refractivity contribution in [3.8, 4) is 11.3 Å². The van der Waals surface area contributed by atoms with Crippen molar-refractivity contribution < 1.29 is 4.79 Å². The van der Waals surface area contributed by atoms with E-state index < -0.39 is 0 Å². The molecule has 124 valence electrons. The molecule has 3 aromatic rings. The third-order valence-electron chi connectivity index (χ3n) is 4.24. The van der Waals surface area contributed by atoms with Gasteiger partial charge in [0.15, 0.2) is 0 Å². The van der Waals surface area contributed by atoms with Crippen molar-refractivity contribution in [3.63, 3.8) is 0 Å². The van der Waals surface area contributed by atoms with Crippen LogP contribution in [0, 0.1) is 0 Å². The number of carbonyl (C=O) groups excluding carboxylic acids is 1. The van der Waals surface area contributed by atoms with Gasteiger partial charge in [0, 0.05) is 17.8 Å². The fourth-order valence-electron chi connectivity index (χ4n) is 2.97. The lowest BCUT2D eigenvalue weighted by atomic mass is 10.1. The first-order valence-corrected chi connectivity index (χ1v) is 9.20. The predicted molar refractivity (Wildman–Crippen MR) is 101 cm³/mol. The van der Waals surface area contributed by atoms with E-state index >= 15 is 0 Å². The molecule has 4 nitrogen and oxygen atoms in total. The number of hydrogen-bond donors (Lipinski definition) is 0. The van der Waals surface area contributed by atoms with Gasteiger partial charge in [-0.1, -0.05) is 60.3 Å². The summed E-state index contributed by atoms with van der Waals surface area (Å²) in [5.74, 6) is 0.483. The van der Waals surface area contributed by atoms with E-state index in [-0.39, 0.29) is 5.91 Å². The first kappa shape index (κ1) is 15.8. The molecule has 0 atom stereocenters. The van der Waals surface area contributed by atoms with E-state index in [9.17, 15) is 4.79 Å². The molecule has 1 aliphatic heterocycles. The highest BCUT2D eigenvalue weighted by atomic mass is 32.2. The minimum absolute atomic E-state index is 0.115. The van der Waals surface area contributed by atoms with Crippen molar-refractivity contribution in [2.45, 2.75) is 11.4 Å². The second kappa shape index (κ2) is 7.07. The smallest absolute Gasteiger partial charge is 0.237 e. The maximum Gasteiger partial charge on any atom is 0.237 e. The molecule has 0 fully saturated rings.